The number of sulfonamides is 1. The van der Waals surface area contributed by atoms with Gasteiger partial charge in [-0.25, -0.2) is 18.2 Å². The maximum Gasteiger partial charge on any atom is 0.407 e. The first-order valence-corrected chi connectivity index (χ1v) is 17.2. The lowest BCUT2D eigenvalue weighted by molar-refractivity contribution is 0.0786. The van der Waals surface area contributed by atoms with Crippen LogP contribution in [0.5, 0.6) is 5.88 Å². The molecule has 0 aliphatic rings. The largest absolute Gasteiger partial charge is 0.493 e. The first-order valence-electron chi connectivity index (χ1n) is 14.9. The zero-order chi connectivity index (χ0) is 34.3. The highest BCUT2D eigenvalue weighted by Gasteiger charge is 2.37. The number of aliphatic hydroxyl groups excluding tert-OH is 1. The molecule has 48 heavy (non-hydrogen) atoms. The predicted octanol–water partition coefficient (Wildman–Crippen LogP) is 4.18. The van der Waals surface area contributed by atoms with Crippen molar-refractivity contribution in [3.05, 3.63) is 94.6 Å². The van der Waals surface area contributed by atoms with Crippen LogP contribution in [0.2, 0.25) is 0 Å². The number of oxazole rings is 1. The van der Waals surface area contributed by atoms with Gasteiger partial charge in [0.2, 0.25) is 15.9 Å². The monoisotopic (exact) mass is 694 g/mol. The zero-order valence-electron chi connectivity index (χ0n) is 26.0. The Bertz CT molecular complexity index is 1930. The molecule has 0 aliphatic heterocycles. The van der Waals surface area contributed by atoms with E-state index >= 15 is 0 Å². The summed E-state index contributed by atoms with van der Waals surface area (Å²) in [6.07, 6.45) is 0.834. The number of carbonyl (C=O) groups is 2. The van der Waals surface area contributed by atoms with Gasteiger partial charge >= 0.3 is 12.1 Å². The molecule has 0 aliphatic carbocycles. The standard InChI is InChI=1S/C32H34N6O8S2/c1-20(2)17-38(26(12-21-6-4-3-5-7-21)27(39)16-35-32(42)45-18-23-15-33-19-47-23)48(43,44)24-9-10-25-28(13-24)46-31(36-25)37-30(41)22-8-11-29(40)34-14-22/h3-11,13-15,19-20,26-27,39H,12,16-18H2,1-2H3,(H,34,40)(H,35,42)(H,36,37,41). The fourth-order valence-electron chi connectivity index (χ4n) is 4.83. The molecule has 2 atom stereocenters. The molecular formula is C32H34N6O8S2. The van der Waals surface area contributed by atoms with Gasteiger partial charge in [-0.2, -0.15) is 9.29 Å². The Balaban J connectivity index is 1.39. The molecular weight excluding hydrogens is 661 g/mol. The second-order valence-electron chi connectivity index (χ2n) is 11.2. The van der Waals surface area contributed by atoms with Crippen molar-refractivity contribution in [2.75, 3.05) is 18.4 Å². The van der Waals surface area contributed by atoms with Crippen LogP contribution in [0, 0.1) is 5.92 Å². The van der Waals surface area contributed by atoms with Crippen molar-refractivity contribution in [3.63, 3.8) is 0 Å². The Morgan fingerprint density at radius 1 is 1.08 bits per heavy atom. The molecule has 0 radical (unpaired) electrons. The van der Waals surface area contributed by atoms with Crippen molar-refractivity contribution < 1.29 is 37.4 Å². The number of benzene rings is 2. The van der Waals surface area contributed by atoms with Crippen molar-refractivity contribution >= 4 is 50.5 Å². The highest BCUT2D eigenvalue weighted by molar-refractivity contribution is 7.89. The number of pyridine rings is 1. The third kappa shape index (κ3) is 8.71. The number of nitrogens with zero attached hydrogens (tertiary/aromatic N) is 4. The second kappa shape index (κ2) is 15.3. The quantitative estimate of drug-likeness (QED) is 0.130. The van der Waals surface area contributed by atoms with Gasteiger partial charge in [0.1, 0.15) is 12.1 Å². The molecule has 4 N–H and O–H groups in total. The number of rotatable bonds is 14. The van der Waals surface area contributed by atoms with Gasteiger partial charge in [-0.15, -0.1) is 11.3 Å². The van der Waals surface area contributed by atoms with Crippen LogP contribution < -0.4 is 10.6 Å². The van der Waals surface area contributed by atoms with Gasteiger partial charge in [-0.05, 0) is 36.1 Å². The third-order valence-corrected chi connectivity index (χ3v) is 9.77. The van der Waals surface area contributed by atoms with Crippen molar-refractivity contribution in [1.29, 1.82) is 0 Å². The molecule has 2 unspecified atom stereocenters. The van der Waals surface area contributed by atoms with Gasteiger partial charge in [0.05, 0.1) is 33.0 Å². The number of ether oxygens (including phenoxy) is 1. The van der Waals surface area contributed by atoms with Crippen molar-refractivity contribution in [3.8, 4) is 5.88 Å². The predicted molar refractivity (Wildman–Crippen MR) is 177 cm³/mol. The maximum atomic E-state index is 14.4. The Kier molecular flexibility index (Phi) is 11.0. The first-order chi connectivity index (χ1) is 23.0. The molecule has 5 rings (SSSR count). The van der Waals surface area contributed by atoms with Crippen LogP contribution in [-0.2, 0) is 27.8 Å². The van der Waals surface area contributed by atoms with Crippen LogP contribution in [0.3, 0.4) is 0 Å². The number of hydrogen-bond donors (Lipinski definition) is 4. The minimum atomic E-state index is -4.27. The van der Waals surface area contributed by atoms with E-state index in [-0.39, 0.29) is 60.0 Å². The number of fused-ring (bicyclic) bond motifs is 1. The van der Waals surface area contributed by atoms with E-state index in [0.717, 1.165) is 10.4 Å². The van der Waals surface area contributed by atoms with Crippen LogP contribution in [0.15, 0.2) is 87.9 Å². The fourth-order valence-corrected chi connectivity index (χ4v) is 7.16. The average molecular weight is 695 g/mol. The van der Waals surface area contributed by atoms with E-state index in [1.54, 1.807) is 11.7 Å². The number of hydrogen-bond acceptors (Lipinski definition) is 12. The molecule has 0 saturated carbocycles. The maximum absolute atomic E-state index is 14.4. The Morgan fingerprint density at radius 3 is 2.56 bits per heavy atom. The summed E-state index contributed by atoms with van der Waals surface area (Å²) < 4.78 is 40.9. The highest BCUT2D eigenvalue weighted by atomic mass is 32.2. The summed E-state index contributed by atoms with van der Waals surface area (Å²) in [5.41, 5.74) is 2.95. The van der Waals surface area contributed by atoms with Gasteiger partial charge in [0.25, 0.3) is 5.91 Å². The molecule has 5 aromatic rings. The van der Waals surface area contributed by atoms with Gasteiger partial charge in [0, 0.05) is 37.6 Å². The molecule has 0 spiro atoms. The highest BCUT2D eigenvalue weighted by Crippen LogP contribution is 2.28. The van der Waals surface area contributed by atoms with E-state index in [1.165, 1.54) is 52.2 Å². The number of carbonyl (C=O) groups excluding carboxylic acids is 2. The number of alkyl carbamates (subject to hydrolysis) is 1. The number of aromatic nitrogens is 3. The SMILES string of the molecule is CC(C)CN(C(Cc1ccccc1)C(O)CNC(=O)OCc1cncs1)S(=O)(=O)c1ccc2nc(NC(=O)c3ccc(O)nc3)oc2c1. The number of thiazole rings is 1. The lowest BCUT2D eigenvalue weighted by atomic mass is 10.0. The molecule has 3 heterocycles. The summed E-state index contributed by atoms with van der Waals surface area (Å²) in [5.74, 6) is -0.967. The molecule has 0 fully saturated rings. The molecule has 16 heteroatoms. The van der Waals surface area contributed by atoms with Gasteiger partial charge in [-0.1, -0.05) is 44.2 Å². The fraction of sp³-hybridized carbons (Fsp3) is 0.281. The van der Waals surface area contributed by atoms with E-state index in [1.807, 2.05) is 44.2 Å². The third-order valence-electron chi connectivity index (χ3n) is 7.13. The van der Waals surface area contributed by atoms with Crippen LogP contribution >= 0.6 is 11.3 Å². The van der Waals surface area contributed by atoms with E-state index in [2.05, 4.69) is 25.6 Å². The Labute approximate surface area is 280 Å². The number of aliphatic hydroxyl groups is 1. The lowest BCUT2D eigenvalue weighted by Gasteiger charge is -2.35. The van der Waals surface area contributed by atoms with Gasteiger partial charge in [0.15, 0.2) is 5.58 Å². The van der Waals surface area contributed by atoms with Crippen LogP contribution in [0.4, 0.5) is 10.8 Å². The molecule has 252 valence electrons. The summed E-state index contributed by atoms with van der Waals surface area (Å²) in [6.45, 7) is 3.52. The van der Waals surface area contributed by atoms with Crippen molar-refractivity contribution in [1.82, 2.24) is 24.6 Å². The van der Waals surface area contributed by atoms with Crippen molar-refractivity contribution in [2.45, 2.75) is 43.9 Å². The summed E-state index contributed by atoms with van der Waals surface area (Å²) >= 11 is 1.33. The zero-order valence-corrected chi connectivity index (χ0v) is 27.6. The minimum absolute atomic E-state index is 0.0113. The number of anilines is 1. The van der Waals surface area contributed by atoms with E-state index in [0.29, 0.717) is 5.52 Å². The number of aromatic hydroxyl groups is 1. The summed E-state index contributed by atoms with van der Waals surface area (Å²) in [4.78, 5) is 37.5. The topological polar surface area (TPSA) is 197 Å². The normalized spacial score (nSPS) is 13.0. The Morgan fingerprint density at radius 2 is 1.88 bits per heavy atom. The molecule has 2 amide bonds. The van der Waals surface area contributed by atoms with Gasteiger partial charge in [-0.3, -0.25) is 15.1 Å². The van der Waals surface area contributed by atoms with Crippen LogP contribution in [-0.4, -0.2) is 75.1 Å². The van der Waals surface area contributed by atoms with Crippen LogP contribution in [0.25, 0.3) is 11.1 Å². The molecule has 2 aromatic carbocycles. The molecule has 3 aromatic heterocycles. The molecule has 0 saturated heterocycles. The van der Waals surface area contributed by atoms with E-state index < -0.39 is 34.2 Å². The smallest absolute Gasteiger partial charge is 0.407 e. The minimum Gasteiger partial charge on any atom is -0.493 e. The number of nitrogens with one attached hydrogen (secondary N) is 2. The Hall–Kier alpha value is -4.90. The van der Waals surface area contributed by atoms with E-state index in [9.17, 15) is 28.2 Å². The summed E-state index contributed by atoms with van der Waals surface area (Å²) in [6, 6.07) is 14.8. The van der Waals surface area contributed by atoms with Gasteiger partial charge < -0.3 is 24.7 Å². The molecule has 14 nitrogen and oxygen atoms in total. The molecule has 0 bridgehead atoms. The summed E-state index contributed by atoms with van der Waals surface area (Å²) in [7, 11) is -4.27. The van der Waals surface area contributed by atoms with Crippen molar-refractivity contribution in [2.24, 2.45) is 5.92 Å². The van der Waals surface area contributed by atoms with Crippen LogP contribution in [0.1, 0.15) is 34.6 Å². The summed E-state index contributed by atoms with van der Waals surface area (Å²) in [5, 5.41) is 25.9. The second-order valence-corrected chi connectivity index (χ2v) is 14.1. The number of amides is 2. The average Bonchev–Trinajstić information content (AvgIpc) is 3.74. The first kappa shape index (κ1) is 34.4. The lowest BCUT2D eigenvalue weighted by Crippen LogP contribution is -2.52. The van der Waals surface area contributed by atoms with E-state index in [4.69, 9.17) is 9.15 Å².